The Labute approximate surface area is 191 Å². The molecule has 1 aromatic rings. The molecule has 2 heterocycles. The minimum Gasteiger partial charge on any atom is -0.497 e. The Kier molecular flexibility index (Phi) is 5.58. The lowest BCUT2D eigenvalue weighted by molar-refractivity contribution is 0.264. The topological polar surface area (TPSA) is 104 Å². The average Bonchev–Trinajstić information content (AvgIpc) is 3.47. The molecule has 2 aliphatic heterocycles. The van der Waals surface area contributed by atoms with E-state index in [1.54, 1.807) is 54.9 Å². The minimum atomic E-state index is -1.85. The Morgan fingerprint density at radius 2 is 1.47 bits per heavy atom. The van der Waals surface area contributed by atoms with E-state index in [1.165, 1.54) is 23.5 Å². The fourth-order valence-electron chi connectivity index (χ4n) is 3.72. The molecule has 0 amide bonds. The summed E-state index contributed by atoms with van der Waals surface area (Å²) in [6, 6.07) is 15.5. The van der Waals surface area contributed by atoms with E-state index < -0.39 is 22.0 Å². The highest BCUT2D eigenvalue weighted by atomic mass is 32.2. The quantitative estimate of drug-likeness (QED) is 0.547. The van der Waals surface area contributed by atoms with E-state index in [9.17, 15) is 21.0 Å². The molecule has 5 nitrogen and oxygen atoms in total. The van der Waals surface area contributed by atoms with Gasteiger partial charge in [-0.1, -0.05) is 53.5 Å². The largest absolute Gasteiger partial charge is 0.497 e. The van der Waals surface area contributed by atoms with Gasteiger partial charge in [-0.25, -0.2) is 0 Å². The summed E-state index contributed by atoms with van der Waals surface area (Å²) in [5.74, 6) is -0.0737. The number of methoxy groups -OCH3 is 1. The lowest BCUT2D eigenvalue weighted by Crippen LogP contribution is -2.51. The third-order valence-electron chi connectivity index (χ3n) is 5.26. The molecule has 3 aliphatic rings. The first-order valence-electron chi connectivity index (χ1n) is 8.67. The summed E-state index contributed by atoms with van der Waals surface area (Å²) >= 11 is 6.13. The molecule has 0 N–H and O–H groups in total. The van der Waals surface area contributed by atoms with Crippen LogP contribution in [0.15, 0.2) is 54.5 Å². The van der Waals surface area contributed by atoms with Gasteiger partial charge in [0.05, 0.1) is 45.1 Å². The number of hydrogen-bond acceptors (Lipinski definition) is 9. The van der Waals surface area contributed by atoms with Crippen LogP contribution in [0.1, 0.15) is 11.5 Å². The van der Waals surface area contributed by atoms with E-state index in [2.05, 4.69) is 24.3 Å². The maximum absolute atomic E-state index is 10.2. The number of ether oxygens (including phenoxy) is 1. The molecular weight excluding hydrogens is 453 g/mol. The molecule has 9 heteroatoms. The van der Waals surface area contributed by atoms with Crippen LogP contribution in [0.25, 0.3) is 0 Å². The number of rotatable bonds is 2. The number of thioether (sulfide) groups is 4. The highest BCUT2D eigenvalue weighted by Crippen LogP contribution is 2.68. The predicted molar refractivity (Wildman–Crippen MR) is 121 cm³/mol. The van der Waals surface area contributed by atoms with Crippen molar-refractivity contribution in [1.29, 1.82) is 21.0 Å². The van der Waals surface area contributed by atoms with E-state index in [0.29, 0.717) is 11.3 Å². The molecule has 0 saturated carbocycles. The van der Waals surface area contributed by atoms with Gasteiger partial charge in [-0.15, -0.1) is 11.8 Å². The summed E-state index contributed by atoms with van der Waals surface area (Å²) < 4.78 is 7.30. The van der Waals surface area contributed by atoms with Crippen molar-refractivity contribution in [1.82, 2.24) is 0 Å². The normalized spacial score (nSPS) is 25.3. The third kappa shape index (κ3) is 2.86. The van der Waals surface area contributed by atoms with Crippen LogP contribution in [-0.4, -0.2) is 12.4 Å². The number of allylic oxidation sites excluding steroid dienone is 1. The molecule has 4 rings (SSSR count). The number of fused-ring (bicyclic) bond motifs is 1. The summed E-state index contributed by atoms with van der Waals surface area (Å²) in [6.07, 6.45) is 1.90. The van der Waals surface area contributed by atoms with Gasteiger partial charge in [0.25, 0.3) is 0 Å². The van der Waals surface area contributed by atoms with Crippen molar-refractivity contribution in [2.45, 2.75) is 11.2 Å². The number of nitrogens with zero attached hydrogens (tertiary/aromatic N) is 4. The molecule has 0 bridgehead atoms. The van der Waals surface area contributed by atoms with Gasteiger partial charge in [0.2, 0.25) is 0 Å². The second-order valence-electron chi connectivity index (χ2n) is 6.57. The molecule has 2 atom stereocenters. The zero-order valence-corrected chi connectivity index (χ0v) is 18.8. The first-order chi connectivity index (χ1) is 14.6. The van der Waals surface area contributed by atoms with E-state index in [4.69, 9.17) is 4.74 Å². The van der Waals surface area contributed by atoms with Crippen LogP contribution >= 0.6 is 47.0 Å². The number of hydrogen-bond donors (Lipinski definition) is 0. The predicted octanol–water partition coefficient (Wildman–Crippen LogP) is 5.67. The highest BCUT2D eigenvalue weighted by molar-refractivity contribution is 8.33. The van der Waals surface area contributed by atoms with Gasteiger partial charge in [-0.2, -0.15) is 21.0 Å². The molecule has 1 aliphatic carbocycles. The maximum Gasteiger partial charge on any atom is 0.192 e. The molecule has 146 valence electrons. The van der Waals surface area contributed by atoms with Crippen molar-refractivity contribution in [3.8, 4) is 30.0 Å². The molecule has 0 unspecified atom stereocenters. The summed E-state index contributed by atoms with van der Waals surface area (Å²) in [5, 5.41) is 44.2. The van der Waals surface area contributed by atoms with Crippen LogP contribution in [0.4, 0.5) is 0 Å². The molecule has 0 spiro atoms. The van der Waals surface area contributed by atoms with Crippen LogP contribution in [0.5, 0.6) is 5.75 Å². The van der Waals surface area contributed by atoms with Crippen molar-refractivity contribution >= 4 is 47.0 Å². The molecule has 1 fully saturated rings. The second-order valence-corrected chi connectivity index (χ2v) is 11.1. The zero-order chi connectivity index (χ0) is 21.4. The second kappa shape index (κ2) is 8.03. The standard InChI is InChI=1S/C21H12N4OS4/c1-26-14-4-2-13(3-5-14)15-8-16-17(30-19(29-16)18-27-6-7-28-18)21(11-24,12-25)20(15,9-22)10-23/h2-8,15,17H,1H3/t15-,17-/m1/s1. The first kappa shape index (κ1) is 20.9. The zero-order valence-electron chi connectivity index (χ0n) is 15.5. The van der Waals surface area contributed by atoms with E-state index >= 15 is 0 Å². The summed E-state index contributed by atoms with van der Waals surface area (Å²) in [4.78, 5) is 0.848. The van der Waals surface area contributed by atoms with Crippen molar-refractivity contribution in [3.63, 3.8) is 0 Å². The van der Waals surface area contributed by atoms with Gasteiger partial charge in [0.15, 0.2) is 10.8 Å². The first-order valence-corrected chi connectivity index (χ1v) is 12.1. The van der Waals surface area contributed by atoms with Crippen LogP contribution in [-0.2, 0) is 0 Å². The Balaban J connectivity index is 1.93. The van der Waals surface area contributed by atoms with Crippen LogP contribution in [0, 0.1) is 56.2 Å². The molecular formula is C21H12N4OS4. The van der Waals surface area contributed by atoms with Crippen molar-refractivity contribution in [3.05, 3.63) is 60.1 Å². The van der Waals surface area contributed by atoms with Crippen molar-refractivity contribution in [2.75, 3.05) is 7.11 Å². The average molecular weight is 465 g/mol. The molecule has 0 radical (unpaired) electrons. The smallest absolute Gasteiger partial charge is 0.192 e. The minimum absolute atomic E-state index is 0.587. The van der Waals surface area contributed by atoms with Gasteiger partial charge in [-0.3, -0.25) is 0 Å². The molecule has 1 aromatic carbocycles. The van der Waals surface area contributed by atoms with E-state index in [0.717, 1.165) is 13.4 Å². The fraction of sp³-hybridized carbons (Fsp3) is 0.238. The summed E-state index contributed by atoms with van der Waals surface area (Å²) in [5.41, 5.74) is -2.97. The Hall–Kier alpha value is -2.40. The monoisotopic (exact) mass is 464 g/mol. The molecule has 1 saturated heterocycles. The Morgan fingerprint density at radius 3 is 2.00 bits per heavy atom. The van der Waals surface area contributed by atoms with Crippen molar-refractivity contribution in [2.24, 2.45) is 10.8 Å². The van der Waals surface area contributed by atoms with Gasteiger partial charge in [0, 0.05) is 10.8 Å². The molecule has 30 heavy (non-hydrogen) atoms. The SMILES string of the molecule is COc1ccc([C@H]2C=C3SC(=C4SC=CS4)S[C@H]3C(C#N)(C#N)C2(C#N)C#N)cc1. The lowest BCUT2D eigenvalue weighted by Gasteiger charge is -2.43. The van der Waals surface area contributed by atoms with E-state index in [-0.39, 0.29) is 0 Å². The van der Waals surface area contributed by atoms with Crippen LogP contribution < -0.4 is 4.74 Å². The van der Waals surface area contributed by atoms with Crippen LogP contribution in [0.2, 0.25) is 0 Å². The lowest BCUT2D eigenvalue weighted by atomic mass is 9.54. The van der Waals surface area contributed by atoms with E-state index in [1.807, 2.05) is 16.9 Å². The van der Waals surface area contributed by atoms with Crippen LogP contribution in [0.3, 0.4) is 0 Å². The van der Waals surface area contributed by atoms with Gasteiger partial charge in [0.1, 0.15) is 5.75 Å². The third-order valence-corrected chi connectivity index (χ3v) is 10.9. The highest BCUT2D eigenvalue weighted by Gasteiger charge is 2.67. The Bertz CT molecular complexity index is 1120. The number of nitriles is 4. The van der Waals surface area contributed by atoms with Gasteiger partial charge >= 0.3 is 0 Å². The Morgan fingerprint density at radius 1 is 0.867 bits per heavy atom. The van der Waals surface area contributed by atoms with Gasteiger partial charge < -0.3 is 4.74 Å². The van der Waals surface area contributed by atoms with Gasteiger partial charge in [-0.05, 0) is 28.5 Å². The summed E-state index contributed by atoms with van der Waals surface area (Å²) in [6.45, 7) is 0. The summed E-state index contributed by atoms with van der Waals surface area (Å²) in [7, 11) is 1.56. The molecule has 0 aromatic heterocycles. The van der Waals surface area contributed by atoms with Crippen molar-refractivity contribution < 1.29 is 4.74 Å². The fourth-order valence-corrected chi connectivity index (χ4v) is 9.10. The number of benzene rings is 1. The maximum atomic E-state index is 10.2.